The van der Waals surface area contributed by atoms with Gasteiger partial charge in [0.1, 0.15) is 0 Å². The first-order valence-electron chi connectivity index (χ1n) is 9.23. The normalized spacial score (nSPS) is 17.5. The highest BCUT2D eigenvalue weighted by Crippen LogP contribution is 2.15. The number of likely N-dealkylation sites (N-methyl/N-ethyl adjacent to an activating group) is 1. The summed E-state index contributed by atoms with van der Waals surface area (Å²) >= 11 is 0. The van der Waals surface area contributed by atoms with E-state index in [0.29, 0.717) is 24.7 Å². The SMILES string of the molecule is CCNC(=O)c1ccc(CNC(=NC)NCC2CCCN2CC)cc1.I. The molecule has 1 saturated heterocycles. The fraction of sp³-hybridized carbons (Fsp3) is 0.579. The molecule has 0 aromatic heterocycles. The van der Waals surface area contributed by atoms with Crippen molar-refractivity contribution in [1.29, 1.82) is 0 Å². The summed E-state index contributed by atoms with van der Waals surface area (Å²) in [5.74, 6) is 0.785. The smallest absolute Gasteiger partial charge is 0.251 e. The van der Waals surface area contributed by atoms with Crippen LogP contribution in [-0.2, 0) is 6.54 Å². The Morgan fingerprint density at radius 1 is 1.19 bits per heavy atom. The van der Waals surface area contributed by atoms with Crippen LogP contribution in [0.15, 0.2) is 29.3 Å². The van der Waals surface area contributed by atoms with Crippen LogP contribution in [0.1, 0.15) is 42.6 Å². The predicted molar refractivity (Wildman–Crippen MR) is 118 cm³/mol. The molecule has 1 unspecified atom stereocenters. The average molecular weight is 473 g/mol. The van der Waals surface area contributed by atoms with E-state index in [1.807, 2.05) is 31.2 Å². The lowest BCUT2D eigenvalue weighted by Crippen LogP contribution is -2.44. The van der Waals surface area contributed by atoms with Gasteiger partial charge in [0.15, 0.2) is 5.96 Å². The number of hydrogen-bond acceptors (Lipinski definition) is 3. The number of halogens is 1. The molecule has 1 aromatic carbocycles. The van der Waals surface area contributed by atoms with E-state index in [4.69, 9.17) is 0 Å². The number of carbonyl (C=O) groups excluding carboxylic acids is 1. The number of likely N-dealkylation sites (tertiary alicyclic amines) is 1. The third kappa shape index (κ3) is 6.75. The summed E-state index contributed by atoms with van der Waals surface area (Å²) < 4.78 is 0. The molecule has 0 saturated carbocycles. The Balaban J connectivity index is 0.00000338. The van der Waals surface area contributed by atoms with Gasteiger partial charge < -0.3 is 16.0 Å². The molecule has 7 heteroatoms. The molecule has 0 spiro atoms. The molecular formula is C19H32IN5O. The van der Waals surface area contributed by atoms with Gasteiger partial charge in [-0.25, -0.2) is 0 Å². The van der Waals surface area contributed by atoms with Gasteiger partial charge >= 0.3 is 0 Å². The Hall–Kier alpha value is -1.35. The van der Waals surface area contributed by atoms with Crippen molar-refractivity contribution in [2.45, 2.75) is 39.3 Å². The molecule has 1 aromatic rings. The zero-order valence-corrected chi connectivity index (χ0v) is 18.4. The predicted octanol–water partition coefficient (Wildman–Crippen LogP) is 2.20. The van der Waals surface area contributed by atoms with Crippen molar-refractivity contribution in [2.75, 3.05) is 33.2 Å². The Morgan fingerprint density at radius 3 is 2.54 bits per heavy atom. The highest BCUT2D eigenvalue weighted by Gasteiger charge is 2.22. The molecule has 26 heavy (non-hydrogen) atoms. The lowest BCUT2D eigenvalue weighted by Gasteiger charge is -2.24. The maximum Gasteiger partial charge on any atom is 0.251 e. The minimum absolute atomic E-state index is 0. The quantitative estimate of drug-likeness (QED) is 0.323. The summed E-state index contributed by atoms with van der Waals surface area (Å²) in [6, 6.07) is 8.26. The van der Waals surface area contributed by atoms with E-state index in [9.17, 15) is 4.79 Å². The molecule has 1 atom stereocenters. The Morgan fingerprint density at radius 2 is 1.92 bits per heavy atom. The van der Waals surface area contributed by atoms with Gasteiger partial charge in [0.2, 0.25) is 0 Å². The van der Waals surface area contributed by atoms with Crippen molar-refractivity contribution in [2.24, 2.45) is 4.99 Å². The lowest BCUT2D eigenvalue weighted by molar-refractivity contribution is 0.0956. The summed E-state index contributed by atoms with van der Waals surface area (Å²) in [7, 11) is 1.79. The Bertz CT molecular complexity index is 576. The molecule has 1 heterocycles. The van der Waals surface area contributed by atoms with E-state index >= 15 is 0 Å². The second-order valence-electron chi connectivity index (χ2n) is 6.29. The van der Waals surface area contributed by atoms with Gasteiger partial charge in [-0.2, -0.15) is 0 Å². The first-order valence-corrected chi connectivity index (χ1v) is 9.23. The molecular weight excluding hydrogens is 441 g/mol. The van der Waals surface area contributed by atoms with E-state index in [-0.39, 0.29) is 29.9 Å². The number of rotatable bonds is 7. The van der Waals surface area contributed by atoms with Crippen LogP contribution in [0.3, 0.4) is 0 Å². The lowest BCUT2D eigenvalue weighted by atomic mass is 10.1. The number of amides is 1. The molecule has 3 N–H and O–H groups in total. The van der Waals surface area contributed by atoms with Crippen LogP contribution in [0.5, 0.6) is 0 Å². The number of benzene rings is 1. The fourth-order valence-corrected chi connectivity index (χ4v) is 3.20. The van der Waals surface area contributed by atoms with Gasteiger partial charge in [-0.1, -0.05) is 19.1 Å². The van der Waals surface area contributed by atoms with Crippen LogP contribution in [-0.4, -0.2) is 56.0 Å². The maximum atomic E-state index is 11.8. The number of hydrogen-bond donors (Lipinski definition) is 3. The molecule has 1 amide bonds. The second-order valence-corrected chi connectivity index (χ2v) is 6.29. The highest BCUT2D eigenvalue weighted by molar-refractivity contribution is 14.0. The van der Waals surface area contributed by atoms with Crippen LogP contribution in [0, 0.1) is 0 Å². The number of nitrogens with zero attached hydrogens (tertiary/aromatic N) is 2. The number of carbonyl (C=O) groups is 1. The molecule has 146 valence electrons. The van der Waals surface area contributed by atoms with Crippen LogP contribution in [0.25, 0.3) is 0 Å². The maximum absolute atomic E-state index is 11.8. The second kappa shape index (κ2) is 12.1. The van der Waals surface area contributed by atoms with E-state index in [1.165, 1.54) is 19.4 Å². The molecule has 0 radical (unpaired) electrons. The monoisotopic (exact) mass is 473 g/mol. The third-order valence-corrected chi connectivity index (χ3v) is 4.65. The summed E-state index contributed by atoms with van der Waals surface area (Å²) in [4.78, 5) is 18.6. The van der Waals surface area contributed by atoms with Gasteiger partial charge in [0, 0.05) is 38.3 Å². The standard InChI is InChI=1S/C19H31N5O.HI/c1-4-21-18(25)16-10-8-15(9-11-16)13-22-19(20-3)23-14-17-7-6-12-24(17)5-2;/h8-11,17H,4-7,12-14H2,1-3H3,(H,21,25)(H2,20,22,23);1H. The zero-order valence-electron chi connectivity index (χ0n) is 16.0. The van der Waals surface area contributed by atoms with Crippen molar-refractivity contribution in [3.8, 4) is 0 Å². The summed E-state index contributed by atoms with van der Waals surface area (Å²) in [6.07, 6.45) is 2.53. The molecule has 1 aliphatic heterocycles. The van der Waals surface area contributed by atoms with Crippen LogP contribution >= 0.6 is 24.0 Å². The van der Waals surface area contributed by atoms with Crippen LogP contribution < -0.4 is 16.0 Å². The number of aliphatic imine (C=N–C) groups is 1. The number of nitrogens with one attached hydrogen (secondary N) is 3. The summed E-state index contributed by atoms with van der Waals surface area (Å²) in [5.41, 5.74) is 1.81. The van der Waals surface area contributed by atoms with Gasteiger partial charge in [-0.05, 0) is 50.6 Å². The summed E-state index contributed by atoms with van der Waals surface area (Å²) in [6.45, 7) is 8.68. The van der Waals surface area contributed by atoms with E-state index in [1.54, 1.807) is 7.05 Å². The van der Waals surface area contributed by atoms with Crippen molar-refractivity contribution in [1.82, 2.24) is 20.9 Å². The van der Waals surface area contributed by atoms with Crippen molar-refractivity contribution in [3.63, 3.8) is 0 Å². The minimum atomic E-state index is -0.0310. The molecule has 1 fully saturated rings. The fourth-order valence-electron chi connectivity index (χ4n) is 3.20. The third-order valence-electron chi connectivity index (χ3n) is 4.65. The zero-order chi connectivity index (χ0) is 18.1. The van der Waals surface area contributed by atoms with Crippen LogP contribution in [0.2, 0.25) is 0 Å². The first kappa shape index (κ1) is 22.7. The van der Waals surface area contributed by atoms with Crippen molar-refractivity contribution in [3.05, 3.63) is 35.4 Å². The minimum Gasteiger partial charge on any atom is -0.355 e. The number of guanidine groups is 1. The first-order chi connectivity index (χ1) is 12.2. The highest BCUT2D eigenvalue weighted by atomic mass is 127. The van der Waals surface area contributed by atoms with E-state index in [2.05, 4.69) is 32.8 Å². The van der Waals surface area contributed by atoms with Crippen molar-refractivity contribution < 1.29 is 4.79 Å². The average Bonchev–Trinajstić information content (AvgIpc) is 3.10. The van der Waals surface area contributed by atoms with E-state index < -0.39 is 0 Å². The van der Waals surface area contributed by atoms with Gasteiger partial charge in [0.25, 0.3) is 5.91 Å². The largest absolute Gasteiger partial charge is 0.355 e. The van der Waals surface area contributed by atoms with Gasteiger partial charge in [-0.3, -0.25) is 14.7 Å². The molecule has 1 aliphatic rings. The van der Waals surface area contributed by atoms with Gasteiger partial charge in [0.05, 0.1) is 0 Å². The summed E-state index contributed by atoms with van der Waals surface area (Å²) in [5, 5.41) is 9.57. The molecule has 6 nitrogen and oxygen atoms in total. The Labute approximate surface area is 174 Å². The molecule has 2 rings (SSSR count). The van der Waals surface area contributed by atoms with Crippen molar-refractivity contribution >= 4 is 35.8 Å². The Kier molecular flexibility index (Phi) is 10.6. The van der Waals surface area contributed by atoms with E-state index in [0.717, 1.165) is 24.6 Å². The van der Waals surface area contributed by atoms with Crippen LogP contribution in [0.4, 0.5) is 0 Å². The van der Waals surface area contributed by atoms with Gasteiger partial charge in [-0.15, -0.1) is 24.0 Å². The molecule has 0 bridgehead atoms. The topological polar surface area (TPSA) is 68.8 Å². The molecule has 0 aliphatic carbocycles.